The second-order valence-electron chi connectivity index (χ2n) is 9.70. The molecular formula is C29H32FN3O2S. The fourth-order valence-electron chi connectivity index (χ4n) is 5.51. The van der Waals surface area contributed by atoms with E-state index in [2.05, 4.69) is 47.5 Å². The number of carbonyl (C=O) groups excluding carboxylic acids is 2. The van der Waals surface area contributed by atoms with E-state index in [0.717, 1.165) is 19.4 Å². The lowest BCUT2D eigenvalue weighted by atomic mass is 9.89. The molecule has 0 bridgehead atoms. The number of aryl methyl sites for hydroxylation is 1. The van der Waals surface area contributed by atoms with Crippen molar-refractivity contribution in [3.05, 3.63) is 92.9 Å². The molecule has 1 saturated heterocycles. The van der Waals surface area contributed by atoms with Crippen LogP contribution < -0.4 is 0 Å². The maximum absolute atomic E-state index is 13.8. The Labute approximate surface area is 216 Å². The van der Waals surface area contributed by atoms with Gasteiger partial charge in [-0.2, -0.15) is 0 Å². The van der Waals surface area contributed by atoms with Crippen molar-refractivity contribution < 1.29 is 14.0 Å². The van der Waals surface area contributed by atoms with Crippen molar-refractivity contribution in [2.75, 3.05) is 32.7 Å². The monoisotopic (exact) mass is 505 g/mol. The van der Waals surface area contributed by atoms with Crippen LogP contribution in [0.4, 0.5) is 4.39 Å². The van der Waals surface area contributed by atoms with Gasteiger partial charge in [0.05, 0.1) is 12.1 Å². The highest BCUT2D eigenvalue weighted by atomic mass is 32.1. The van der Waals surface area contributed by atoms with E-state index in [9.17, 15) is 14.0 Å². The number of nitrogens with zero attached hydrogens (tertiary/aromatic N) is 3. The Hall–Kier alpha value is -3.03. The number of benzene rings is 2. The zero-order valence-corrected chi connectivity index (χ0v) is 21.6. The maximum Gasteiger partial charge on any atom is 0.253 e. The number of amides is 2. The molecule has 5 nitrogen and oxygen atoms in total. The molecule has 7 heteroatoms. The summed E-state index contributed by atoms with van der Waals surface area (Å²) in [6.07, 6.45) is 1.67. The van der Waals surface area contributed by atoms with Crippen molar-refractivity contribution in [3.8, 4) is 0 Å². The Bertz CT molecular complexity index is 1240. The lowest BCUT2D eigenvalue weighted by molar-refractivity contribution is -0.137. The molecule has 188 valence electrons. The van der Waals surface area contributed by atoms with Crippen LogP contribution in [0.15, 0.2) is 60.0 Å². The molecule has 2 aliphatic rings. The molecule has 0 N–H and O–H groups in total. The first-order valence-corrected chi connectivity index (χ1v) is 13.5. The highest BCUT2D eigenvalue weighted by molar-refractivity contribution is 7.10. The van der Waals surface area contributed by atoms with Gasteiger partial charge in [-0.1, -0.05) is 24.3 Å². The van der Waals surface area contributed by atoms with E-state index in [1.165, 1.54) is 45.8 Å². The third kappa shape index (κ3) is 4.82. The Morgan fingerprint density at radius 1 is 0.917 bits per heavy atom. The van der Waals surface area contributed by atoms with E-state index in [4.69, 9.17) is 0 Å². The second kappa shape index (κ2) is 10.5. The van der Waals surface area contributed by atoms with Gasteiger partial charge in [0, 0.05) is 43.2 Å². The maximum atomic E-state index is 13.8. The highest BCUT2D eigenvalue weighted by Crippen LogP contribution is 2.40. The zero-order valence-electron chi connectivity index (χ0n) is 20.8. The summed E-state index contributed by atoms with van der Waals surface area (Å²) in [7, 11) is 0. The van der Waals surface area contributed by atoms with E-state index in [0.29, 0.717) is 31.7 Å². The summed E-state index contributed by atoms with van der Waals surface area (Å²) in [5.74, 6) is -0.356. The number of rotatable bonds is 4. The highest BCUT2D eigenvalue weighted by Gasteiger charge is 2.37. The van der Waals surface area contributed by atoms with Gasteiger partial charge in [0.25, 0.3) is 5.91 Å². The predicted octanol–water partition coefficient (Wildman–Crippen LogP) is 4.91. The minimum absolute atomic E-state index is 0.0590. The van der Waals surface area contributed by atoms with Crippen LogP contribution in [0.25, 0.3) is 0 Å². The molecule has 0 aliphatic carbocycles. The Morgan fingerprint density at radius 3 is 2.42 bits per heavy atom. The van der Waals surface area contributed by atoms with Gasteiger partial charge < -0.3 is 9.80 Å². The first-order valence-electron chi connectivity index (χ1n) is 12.6. The van der Waals surface area contributed by atoms with Crippen LogP contribution in [0.3, 0.4) is 0 Å². The van der Waals surface area contributed by atoms with Crippen molar-refractivity contribution in [1.82, 2.24) is 14.7 Å². The predicted molar refractivity (Wildman–Crippen MR) is 141 cm³/mol. The summed E-state index contributed by atoms with van der Waals surface area (Å²) < 4.78 is 13.3. The smallest absolute Gasteiger partial charge is 0.253 e. The Morgan fingerprint density at radius 2 is 1.64 bits per heavy atom. The van der Waals surface area contributed by atoms with Gasteiger partial charge in [-0.25, -0.2) is 4.39 Å². The molecule has 2 aromatic carbocycles. The van der Waals surface area contributed by atoms with Crippen LogP contribution in [0.5, 0.6) is 0 Å². The van der Waals surface area contributed by atoms with E-state index in [1.807, 2.05) is 11.8 Å². The van der Waals surface area contributed by atoms with Crippen LogP contribution >= 0.6 is 11.3 Å². The van der Waals surface area contributed by atoms with Crippen LogP contribution in [-0.4, -0.2) is 65.3 Å². The molecular weight excluding hydrogens is 473 g/mol. The summed E-state index contributed by atoms with van der Waals surface area (Å²) in [5, 5.41) is 2.16. The molecule has 0 saturated carbocycles. The molecule has 1 aromatic heterocycles. The van der Waals surface area contributed by atoms with Crippen LogP contribution in [-0.2, 0) is 11.2 Å². The van der Waals surface area contributed by atoms with Crippen molar-refractivity contribution in [2.24, 2.45) is 0 Å². The standard InChI is InChI=1S/C29H32FN3O2S/c1-20-6-3-4-7-24(20)27-25-13-19-36-26(25)12-16-33(27)21(2)28(34)31-14-5-15-32(18-17-31)29(35)22-8-10-23(30)11-9-22/h3-4,6-11,13,19,21,27H,5,12,14-18H2,1-2H3/t21-,27-/m1/s1. The molecule has 0 unspecified atom stereocenters. The summed E-state index contributed by atoms with van der Waals surface area (Å²) in [6.45, 7) is 7.19. The first-order chi connectivity index (χ1) is 17.4. The topological polar surface area (TPSA) is 43.9 Å². The number of fused-ring (bicyclic) bond motifs is 1. The lowest BCUT2D eigenvalue weighted by Gasteiger charge is -2.41. The molecule has 36 heavy (non-hydrogen) atoms. The summed E-state index contributed by atoms with van der Waals surface area (Å²) in [5.41, 5.74) is 4.27. The number of carbonyl (C=O) groups is 2. The molecule has 1 fully saturated rings. The second-order valence-corrected chi connectivity index (χ2v) is 10.7. The van der Waals surface area contributed by atoms with Gasteiger partial charge in [-0.3, -0.25) is 14.5 Å². The normalized spacial score (nSPS) is 19.5. The van der Waals surface area contributed by atoms with Crippen molar-refractivity contribution in [1.29, 1.82) is 0 Å². The zero-order chi connectivity index (χ0) is 25.2. The molecule has 5 rings (SSSR count). The molecule has 2 aliphatic heterocycles. The molecule has 2 atom stereocenters. The first kappa shape index (κ1) is 24.7. The van der Waals surface area contributed by atoms with E-state index >= 15 is 0 Å². The molecule has 2 amide bonds. The fourth-order valence-corrected chi connectivity index (χ4v) is 6.42. The largest absolute Gasteiger partial charge is 0.340 e. The summed E-state index contributed by atoms with van der Waals surface area (Å²) >= 11 is 1.80. The van der Waals surface area contributed by atoms with E-state index < -0.39 is 0 Å². The van der Waals surface area contributed by atoms with E-state index in [-0.39, 0.29) is 29.7 Å². The lowest BCUT2D eigenvalue weighted by Crippen LogP contribution is -2.51. The molecule has 3 heterocycles. The minimum atomic E-state index is -0.357. The molecule has 0 spiro atoms. The van der Waals surface area contributed by atoms with Crippen molar-refractivity contribution in [2.45, 2.75) is 38.8 Å². The number of hydrogen-bond acceptors (Lipinski definition) is 4. The number of hydrogen-bond donors (Lipinski definition) is 0. The minimum Gasteiger partial charge on any atom is -0.340 e. The van der Waals surface area contributed by atoms with Crippen LogP contribution in [0.1, 0.15) is 51.3 Å². The van der Waals surface area contributed by atoms with Crippen molar-refractivity contribution >= 4 is 23.2 Å². The van der Waals surface area contributed by atoms with Crippen LogP contribution in [0.2, 0.25) is 0 Å². The third-order valence-corrected chi connectivity index (χ3v) is 8.52. The molecule has 0 radical (unpaired) electrons. The SMILES string of the molecule is Cc1ccccc1[C@@H]1c2ccsc2CCN1[C@H](C)C(=O)N1CCCN(C(=O)c2ccc(F)cc2)CC1. The summed E-state index contributed by atoms with van der Waals surface area (Å²) in [6, 6.07) is 16.1. The van der Waals surface area contributed by atoms with Gasteiger partial charge in [0.15, 0.2) is 0 Å². The van der Waals surface area contributed by atoms with Gasteiger partial charge in [0.2, 0.25) is 5.91 Å². The molecule has 3 aromatic rings. The summed E-state index contributed by atoms with van der Waals surface area (Å²) in [4.78, 5) is 34.2. The van der Waals surface area contributed by atoms with E-state index in [1.54, 1.807) is 16.2 Å². The van der Waals surface area contributed by atoms with Gasteiger partial charge in [-0.05, 0) is 79.1 Å². The Kier molecular flexibility index (Phi) is 7.21. The average molecular weight is 506 g/mol. The average Bonchev–Trinajstić information content (AvgIpc) is 3.24. The van der Waals surface area contributed by atoms with Gasteiger partial charge in [0.1, 0.15) is 5.82 Å². The van der Waals surface area contributed by atoms with Gasteiger partial charge in [-0.15, -0.1) is 11.3 Å². The van der Waals surface area contributed by atoms with Crippen molar-refractivity contribution in [3.63, 3.8) is 0 Å². The fraction of sp³-hybridized carbons (Fsp3) is 0.379. The quantitative estimate of drug-likeness (QED) is 0.506. The number of thiophene rings is 1. The van der Waals surface area contributed by atoms with Crippen LogP contribution in [0, 0.1) is 12.7 Å². The Balaban J connectivity index is 1.32. The number of halogens is 1. The van der Waals surface area contributed by atoms with Gasteiger partial charge >= 0.3 is 0 Å². The third-order valence-electron chi connectivity index (χ3n) is 7.53.